The minimum absolute atomic E-state index is 0.634. The third-order valence-corrected chi connectivity index (χ3v) is 3.34. The molecule has 0 radical (unpaired) electrons. The van der Waals surface area contributed by atoms with E-state index in [1.807, 2.05) is 37.3 Å². The Labute approximate surface area is 104 Å². The first-order valence-corrected chi connectivity index (χ1v) is 5.91. The quantitative estimate of drug-likeness (QED) is 0.821. The van der Waals surface area contributed by atoms with Crippen LogP contribution in [0.4, 0.5) is 5.69 Å². The fraction of sp³-hybridized carbons (Fsp3) is 0.0769. The van der Waals surface area contributed by atoms with Crippen LogP contribution in [-0.2, 0) is 0 Å². The lowest BCUT2D eigenvalue weighted by Crippen LogP contribution is -1.90. The monoisotopic (exact) mass is 241 g/mol. The molecule has 4 heteroatoms. The average molecular weight is 241 g/mol. The molecule has 3 nitrogen and oxygen atoms in total. The van der Waals surface area contributed by atoms with Gasteiger partial charge in [-0.25, -0.2) is 4.98 Å². The van der Waals surface area contributed by atoms with Crippen molar-refractivity contribution in [1.82, 2.24) is 4.98 Å². The van der Waals surface area contributed by atoms with Gasteiger partial charge < -0.3 is 5.73 Å². The maximum atomic E-state index is 9.10. The summed E-state index contributed by atoms with van der Waals surface area (Å²) in [5.41, 5.74) is 7.93. The highest BCUT2D eigenvalue weighted by molar-refractivity contribution is 7.99. The van der Waals surface area contributed by atoms with Crippen molar-refractivity contribution in [2.45, 2.75) is 16.8 Å². The number of pyridine rings is 1. The normalized spacial score (nSPS) is 9.88. The summed E-state index contributed by atoms with van der Waals surface area (Å²) in [6.45, 7) is 1.91. The number of benzene rings is 1. The van der Waals surface area contributed by atoms with Gasteiger partial charge in [0.1, 0.15) is 11.1 Å². The van der Waals surface area contributed by atoms with Crippen LogP contribution in [0.3, 0.4) is 0 Å². The Bertz CT molecular complexity index is 570. The number of rotatable bonds is 2. The molecule has 1 aromatic heterocycles. The van der Waals surface area contributed by atoms with E-state index in [-0.39, 0.29) is 0 Å². The molecule has 0 spiro atoms. The van der Waals surface area contributed by atoms with Gasteiger partial charge in [0.15, 0.2) is 0 Å². The van der Waals surface area contributed by atoms with E-state index >= 15 is 0 Å². The third-order valence-electron chi connectivity index (χ3n) is 2.33. The van der Waals surface area contributed by atoms with Gasteiger partial charge >= 0.3 is 0 Å². The predicted octanol–water partition coefficient (Wildman–Crippen LogP) is 3.00. The Kier molecular flexibility index (Phi) is 3.31. The first-order valence-electron chi connectivity index (χ1n) is 5.10. The molecule has 0 fully saturated rings. The molecule has 1 heterocycles. The molecule has 0 amide bonds. The molecule has 2 rings (SSSR count). The summed E-state index contributed by atoms with van der Waals surface area (Å²) in [6.07, 6.45) is 1.72. The lowest BCUT2D eigenvalue weighted by Gasteiger charge is -2.05. The van der Waals surface area contributed by atoms with E-state index in [1.54, 1.807) is 6.20 Å². The van der Waals surface area contributed by atoms with Crippen LogP contribution in [0.15, 0.2) is 46.5 Å². The first-order chi connectivity index (χ1) is 8.20. The van der Waals surface area contributed by atoms with Crippen molar-refractivity contribution in [2.75, 3.05) is 5.73 Å². The van der Waals surface area contributed by atoms with Crippen molar-refractivity contribution >= 4 is 17.4 Å². The Morgan fingerprint density at radius 1 is 1.24 bits per heavy atom. The number of aromatic nitrogens is 1. The van der Waals surface area contributed by atoms with Crippen LogP contribution in [-0.4, -0.2) is 4.98 Å². The average Bonchev–Trinajstić information content (AvgIpc) is 2.32. The smallest absolute Gasteiger partial charge is 0.119 e. The van der Waals surface area contributed by atoms with Crippen molar-refractivity contribution in [3.05, 3.63) is 47.7 Å². The summed E-state index contributed by atoms with van der Waals surface area (Å²) in [4.78, 5) is 5.26. The molecular formula is C13H11N3S. The van der Waals surface area contributed by atoms with E-state index in [4.69, 9.17) is 11.0 Å². The number of hydrogen-bond donors (Lipinski definition) is 1. The number of nitrogens with zero attached hydrogens (tertiary/aromatic N) is 2. The largest absolute Gasteiger partial charge is 0.399 e. The van der Waals surface area contributed by atoms with Gasteiger partial charge in [-0.3, -0.25) is 0 Å². The van der Waals surface area contributed by atoms with E-state index in [0.29, 0.717) is 5.56 Å². The van der Waals surface area contributed by atoms with E-state index in [0.717, 1.165) is 21.2 Å². The SMILES string of the molecule is Cc1ccnc(Sc2ccc(N)cc2)c1C#N. The minimum atomic E-state index is 0.634. The molecule has 2 N–H and O–H groups in total. The topological polar surface area (TPSA) is 62.7 Å². The molecule has 0 saturated carbocycles. The van der Waals surface area contributed by atoms with Crippen LogP contribution in [0, 0.1) is 18.3 Å². The van der Waals surface area contributed by atoms with E-state index < -0.39 is 0 Å². The zero-order chi connectivity index (χ0) is 12.3. The number of nitrogen functional groups attached to an aromatic ring is 1. The van der Waals surface area contributed by atoms with Crippen LogP contribution in [0.5, 0.6) is 0 Å². The molecule has 17 heavy (non-hydrogen) atoms. The highest BCUT2D eigenvalue weighted by Crippen LogP contribution is 2.29. The summed E-state index contributed by atoms with van der Waals surface area (Å²) in [5, 5.41) is 9.83. The molecule has 1 aromatic carbocycles. The molecule has 0 atom stereocenters. The fourth-order valence-corrected chi connectivity index (χ4v) is 2.31. The van der Waals surface area contributed by atoms with Crippen LogP contribution in [0.2, 0.25) is 0 Å². The lowest BCUT2D eigenvalue weighted by atomic mass is 10.2. The van der Waals surface area contributed by atoms with Gasteiger partial charge in [0.05, 0.1) is 5.56 Å². The summed E-state index contributed by atoms with van der Waals surface area (Å²) < 4.78 is 0. The van der Waals surface area contributed by atoms with Crippen molar-refractivity contribution in [2.24, 2.45) is 0 Å². The molecule has 84 valence electrons. The Morgan fingerprint density at radius 3 is 2.59 bits per heavy atom. The van der Waals surface area contributed by atoms with Gasteiger partial charge in [0.2, 0.25) is 0 Å². The number of anilines is 1. The molecular weight excluding hydrogens is 230 g/mol. The maximum Gasteiger partial charge on any atom is 0.119 e. The minimum Gasteiger partial charge on any atom is -0.399 e. The number of aryl methyl sites for hydroxylation is 1. The Hall–Kier alpha value is -1.99. The second-order valence-electron chi connectivity index (χ2n) is 3.59. The Balaban J connectivity index is 2.34. The summed E-state index contributed by atoms with van der Waals surface area (Å²) >= 11 is 1.47. The summed E-state index contributed by atoms with van der Waals surface area (Å²) in [7, 11) is 0. The zero-order valence-electron chi connectivity index (χ0n) is 9.34. The van der Waals surface area contributed by atoms with Gasteiger partial charge in [0.25, 0.3) is 0 Å². The van der Waals surface area contributed by atoms with Gasteiger partial charge in [-0.2, -0.15) is 5.26 Å². The van der Waals surface area contributed by atoms with Crippen LogP contribution >= 0.6 is 11.8 Å². The fourth-order valence-electron chi connectivity index (χ4n) is 1.39. The maximum absolute atomic E-state index is 9.10. The number of nitriles is 1. The number of nitrogens with two attached hydrogens (primary N) is 1. The Morgan fingerprint density at radius 2 is 1.94 bits per heavy atom. The van der Waals surface area contributed by atoms with E-state index in [1.165, 1.54) is 11.8 Å². The molecule has 0 aliphatic heterocycles. The van der Waals surface area contributed by atoms with Gasteiger partial charge in [-0.15, -0.1) is 0 Å². The number of hydrogen-bond acceptors (Lipinski definition) is 4. The van der Waals surface area contributed by atoms with E-state index in [9.17, 15) is 0 Å². The first kappa shape index (κ1) is 11.5. The van der Waals surface area contributed by atoms with Gasteiger partial charge in [0, 0.05) is 16.8 Å². The standard InChI is InChI=1S/C13H11N3S/c1-9-6-7-16-13(12(9)8-14)17-11-4-2-10(15)3-5-11/h2-7H,15H2,1H3. The van der Waals surface area contributed by atoms with Crippen LogP contribution in [0.25, 0.3) is 0 Å². The molecule has 0 aliphatic rings. The second-order valence-corrected chi connectivity index (χ2v) is 4.65. The van der Waals surface area contributed by atoms with Crippen molar-refractivity contribution in [1.29, 1.82) is 5.26 Å². The second kappa shape index (κ2) is 4.89. The molecule has 0 aliphatic carbocycles. The lowest BCUT2D eigenvalue weighted by molar-refractivity contribution is 1.08. The van der Waals surface area contributed by atoms with Crippen molar-refractivity contribution < 1.29 is 0 Å². The third kappa shape index (κ3) is 2.58. The van der Waals surface area contributed by atoms with Crippen LogP contribution < -0.4 is 5.73 Å². The van der Waals surface area contributed by atoms with Gasteiger partial charge in [-0.05, 0) is 42.8 Å². The molecule has 0 saturated heterocycles. The summed E-state index contributed by atoms with van der Waals surface area (Å²) in [5.74, 6) is 0. The molecule has 0 unspecified atom stereocenters. The molecule has 2 aromatic rings. The van der Waals surface area contributed by atoms with Crippen molar-refractivity contribution in [3.63, 3.8) is 0 Å². The van der Waals surface area contributed by atoms with E-state index in [2.05, 4.69) is 11.1 Å². The summed E-state index contributed by atoms with van der Waals surface area (Å²) in [6, 6.07) is 11.5. The highest BCUT2D eigenvalue weighted by Gasteiger charge is 2.07. The predicted molar refractivity (Wildman–Crippen MR) is 68.7 cm³/mol. The molecule has 0 bridgehead atoms. The van der Waals surface area contributed by atoms with Gasteiger partial charge in [-0.1, -0.05) is 11.8 Å². The van der Waals surface area contributed by atoms with Crippen molar-refractivity contribution in [3.8, 4) is 6.07 Å². The zero-order valence-corrected chi connectivity index (χ0v) is 10.2. The highest BCUT2D eigenvalue weighted by atomic mass is 32.2. The van der Waals surface area contributed by atoms with Crippen LogP contribution in [0.1, 0.15) is 11.1 Å².